The number of hydrogen-bond donors (Lipinski definition) is 2. The molecule has 0 aromatic carbocycles. The summed E-state index contributed by atoms with van der Waals surface area (Å²) in [5.74, 6) is -1.12. The summed E-state index contributed by atoms with van der Waals surface area (Å²) in [5, 5.41) is 7.54. The average Bonchev–Trinajstić information content (AvgIpc) is 2.72. The van der Waals surface area contributed by atoms with Crippen molar-refractivity contribution in [1.29, 1.82) is 0 Å². The predicted molar refractivity (Wildman–Crippen MR) is 69.3 cm³/mol. The van der Waals surface area contributed by atoms with Crippen LogP contribution in [0.15, 0.2) is 34.6 Å². The van der Waals surface area contributed by atoms with E-state index in [2.05, 4.69) is 26.0 Å². The number of pyridine rings is 1. The van der Waals surface area contributed by atoms with Gasteiger partial charge in [-0.25, -0.2) is 10.9 Å². The first-order valence-electron chi connectivity index (χ1n) is 5.74. The molecule has 0 radical (unpaired) electrons. The van der Waals surface area contributed by atoms with Crippen LogP contribution in [-0.4, -0.2) is 28.7 Å². The molecular formula is C12H13N5O2. The van der Waals surface area contributed by atoms with E-state index in [1.54, 1.807) is 25.3 Å². The Morgan fingerprint density at radius 3 is 3.05 bits per heavy atom. The highest BCUT2D eigenvalue weighted by molar-refractivity contribution is 6.09. The zero-order valence-corrected chi connectivity index (χ0v) is 10.3. The molecule has 0 saturated carbocycles. The molecule has 1 aliphatic rings. The third-order valence-corrected chi connectivity index (χ3v) is 2.63. The van der Waals surface area contributed by atoms with E-state index in [-0.39, 0.29) is 18.2 Å². The van der Waals surface area contributed by atoms with Gasteiger partial charge in [0, 0.05) is 18.3 Å². The number of carbonyl (C=O) groups is 2. The number of rotatable bonds is 4. The third kappa shape index (κ3) is 3.44. The van der Waals surface area contributed by atoms with E-state index >= 15 is 0 Å². The minimum atomic E-state index is -0.509. The number of hydrogen-bond acceptors (Lipinski definition) is 5. The molecule has 7 heteroatoms. The lowest BCUT2D eigenvalue weighted by molar-refractivity contribution is -0.127. The number of amides is 2. The van der Waals surface area contributed by atoms with Gasteiger partial charge in [-0.2, -0.15) is 10.2 Å². The van der Waals surface area contributed by atoms with Crippen LogP contribution >= 0.6 is 0 Å². The van der Waals surface area contributed by atoms with Gasteiger partial charge in [0.15, 0.2) is 0 Å². The van der Waals surface area contributed by atoms with Crippen molar-refractivity contribution < 1.29 is 9.59 Å². The lowest BCUT2D eigenvalue weighted by Crippen LogP contribution is -2.29. The van der Waals surface area contributed by atoms with Gasteiger partial charge in [-0.05, 0) is 19.1 Å². The topological polar surface area (TPSA) is 95.8 Å². The number of nitrogens with zero attached hydrogens (tertiary/aromatic N) is 3. The molecular weight excluding hydrogens is 246 g/mol. The number of nitrogens with one attached hydrogen (secondary N) is 2. The Balaban J connectivity index is 1.84. The van der Waals surface area contributed by atoms with E-state index in [4.69, 9.17) is 0 Å². The number of carbonyl (C=O) groups excluding carboxylic acids is 2. The smallest absolute Gasteiger partial charge is 0.249 e. The molecule has 2 N–H and O–H groups in total. The fourth-order valence-electron chi connectivity index (χ4n) is 1.58. The second kappa shape index (κ2) is 5.85. The second-order valence-corrected chi connectivity index (χ2v) is 4.03. The molecule has 1 aromatic heterocycles. The Kier molecular flexibility index (Phi) is 3.97. The molecule has 0 aliphatic carbocycles. The van der Waals surface area contributed by atoms with Crippen molar-refractivity contribution in [1.82, 2.24) is 15.8 Å². The second-order valence-electron chi connectivity index (χ2n) is 4.03. The lowest BCUT2D eigenvalue weighted by atomic mass is 10.0. The zero-order chi connectivity index (χ0) is 13.7. The summed E-state index contributed by atoms with van der Waals surface area (Å²) in [7, 11) is 0. The van der Waals surface area contributed by atoms with Gasteiger partial charge in [-0.1, -0.05) is 6.07 Å². The summed E-state index contributed by atoms with van der Waals surface area (Å²) in [4.78, 5) is 27.0. The first kappa shape index (κ1) is 12.9. The lowest BCUT2D eigenvalue weighted by Gasteiger charge is -2.05. The number of aromatic nitrogens is 1. The van der Waals surface area contributed by atoms with Crippen LogP contribution in [0.5, 0.6) is 0 Å². The minimum Gasteiger partial charge on any atom is -0.273 e. The fourth-order valence-corrected chi connectivity index (χ4v) is 1.58. The predicted octanol–water partition coefficient (Wildman–Crippen LogP) is 0.0437. The Labute approximate surface area is 109 Å². The van der Waals surface area contributed by atoms with Gasteiger partial charge < -0.3 is 0 Å². The van der Waals surface area contributed by atoms with Crippen LogP contribution in [0.3, 0.4) is 0 Å². The fraction of sp³-hybridized carbons (Fsp3) is 0.250. The Morgan fingerprint density at radius 1 is 1.58 bits per heavy atom. The van der Waals surface area contributed by atoms with Crippen LogP contribution in [0.4, 0.5) is 0 Å². The first-order valence-corrected chi connectivity index (χ1v) is 5.74. The highest BCUT2D eigenvalue weighted by atomic mass is 16.2. The minimum absolute atomic E-state index is 0.0285. The molecule has 1 atom stereocenters. The standard InChI is InChI=1S/C12H13N5O2/c1-8-10(12(19)17-15-8)6-11(18)16-14-7-9-4-2-3-5-13-9/h2-5,7,10H,6H2,1H3,(H,16,18)(H,17,19)/b14-7-/t10-/m1/s1. The van der Waals surface area contributed by atoms with E-state index < -0.39 is 5.92 Å². The van der Waals surface area contributed by atoms with Gasteiger partial charge in [0.05, 0.1) is 17.8 Å². The molecule has 0 bridgehead atoms. The van der Waals surface area contributed by atoms with E-state index in [1.807, 2.05) is 6.07 Å². The van der Waals surface area contributed by atoms with Gasteiger partial charge in [0.25, 0.3) is 0 Å². The summed E-state index contributed by atoms with van der Waals surface area (Å²) in [6.07, 6.45) is 3.10. The van der Waals surface area contributed by atoms with Crippen LogP contribution in [0.25, 0.3) is 0 Å². The molecule has 1 aromatic rings. The Morgan fingerprint density at radius 2 is 2.42 bits per heavy atom. The molecule has 0 fully saturated rings. The van der Waals surface area contributed by atoms with E-state index in [9.17, 15) is 9.59 Å². The quantitative estimate of drug-likeness (QED) is 0.590. The highest BCUT2D eigenvalue weighted by Gasteiger charge is 2.28. The van der Waals surface area contributed by atoms with Gasteiger partial charge >= 0.3 is 0 Å². The monoisotopic (exact) mass is 259 g/mol. The van der Waals surface area contributed by atoms with Crippen molar-refractivity contribution in [3.05, 3.63) is 30.1 Å². The van der Waals surface area contributed by atoms with E-state index in [0.717, 1.165) is 0 Å². The van der Waals surface area contributed by atoms with E-state index in [0.29, 0.717) is 11.4 Å². The molecule has 2 rings (SSSR count). The maximum absolute atomic E-state index is 11.6. The normalized spacial score (nSPS) is 18.3. The summed E-state index contributed by atoms with van der Waals surface area (Å²) in [5.41, 5.74) is 5.93. The summed E-state index contributed by atoms with van der Waals surface area (Å²) in [6.45, 7) is 1.70. The Hall–Kier alpha value is -2.57. The first-order chi connectivity index (χ1) is 9.16. The number of hydrazone groups is 2. The molecule has 0 unspecified atom stereocenters. The van der Waals surface area contributed by atoms with Crippen molar-refractivity contribution >= 4 is 23.7 Å². The van der Waals surface area contributed by atoms with Gasteiger partial charge in [0.1, 0.15) is 0 Å². The van der Waals surface area contributed by atoms with Crippen molar-refractivity contribution in [2.24, 2.45) is 16.1 Å². The summed E-state index contributed by atoms with van der Waals surface area (Å²) < 4.78 is 0. The van der Waals surface area contributed by atoms with Crippen LogP contribution in [0.2, 0.25) is 0 Å². The van der Waals surface area contributed by atoms with Crippen molar-refractivity contribution in [2.45, 2.75) is 13.3 Å². The average molecular weight is 259 g/mol. The van der Waals surface area contributed by atoms with Gasteiger partial charge in [-0.15, -0.1) is 0 Å². The molecule has 19 heavy (non-hydrogen) atoms. The molecule has 2 amide bonds. The van der Waals surface area contributed by atoms with Crippen LogP contribution in [0.1, 0.15) is 19.0 Å². The maximum atomic E-state index is 11.6. The third-order valence-electron chi connectivity index (χ3n) is 2.63. The van der Waals surface area contributed by atoms with Crippen molar-refractivity contribution in [2.75, 3.05) is 0 Å². The molecule has 0 spiro atoms. The van der Waals surface area contributed by atoms with E-state index in [1.165, 1.54) is 6.21 Å². The molecule has 0 saturated heterocycles. The zero-order valence-electron chi connectivity index (χ0n) is 10.3. The molecule has 7 nitrogen and oxygen atoms in total. The highest BCUT2D eigenvalue weighted by Crippen LogP contribution is 2.11. The van der Waals surface area contributed by atoms with Crippen LogP contribution in [0, 0.1) is 5.92 Å². The van der Waals surface area contributed by atoms with Gasteiger partial charge in [0.2, 0.25) is 11.8 Å². The van der Waals surface area contributed by atoms with Crippen LogP contribution < -0.4 is 10.9 Å². The molecule has 1 aliphatic heterocycles. The van der Waals surface area contributed by atoms with Crippen LogP contribution in [-0.2, 0) is 9.59 Å². The van der Waals surface area contributed by atoms with Crippen molar-refractivity contribution in [3.63, 3.8) is 0 Å². The maximum Gasteiger partial charge on any atom is 0.249 e. The SMILES string of the molecule is CC1=NNC(=O)[C@@H]1CC(=O)N/N=C\c1ccccn1. The Bertz CT molecular complexity index is 538. The summed E-state index contributed by atoms with van der Waals surface area (Å²) in [6, 6.07) is 5.37. The molecule has 2 heterocycles. The molecule has 98 valence electrons. The van der Waals surface area contributed by atoms with Crippen molar-refractivity contribution in [3.8, 4) is 0 Å². The largest absolute Gasteiger partial charge is 0.273 e. The van der Waals surface area contributed by atoms with Gasteiger partial charge in [-0.3, -0.25) is 14.6 Å². The summed E-state index contributed by atoms with van der Waals surface area (Å²) >= 11 is 0.